The lowest BCUT2D eigenvalue weighted by molar-refractivity contribution is -0.141. The van der Waals surface area contributed by atoms with E-state index in [2.05, 4.69) is 4.98 Å². The molecule has 0 aliphatic heterocycles. The highest BCUT2D eigenvalue weighted by Gasteiger charge is 2.53. The van der Waals surface area contributed by atoms with E-state index in [9.17, 15) is 24.0 Å². The van der Waals surface area contributed by atoms with Crippen LogP contribution in [0.15, 0.2) is 60.8 Å². The fraction of sp³-hybridized carbons (Fsp3) is 0.280. The number of halogens is 1. The first-order valence-corrected chi connectivity index (χ1v) is 11.8. The molecule has 0 saturated carbocycles. The molecule has 0 amide bonds. The van der Waals surface area contributed by atoms with Crippen LogP contribution in [0.5, 0.6) is 0 Å². The Bertz CT molecular complexity index is 1220. The second-order valence-electron chi connectivity index (χ2n) is 8.18. The molecule has 0 bridgehead atoms. The third-order valence-electron chi connectivity index (χ3n) is 5.59. The number of carbonyl (C=O) groups is 1. The fourth-order valence-electron chi connectivity index (χ4n) is 4.09. The van der Waals surface area contributed by atoms with Gasteiger partial charge in [-0.2, -0.15) is 0 Å². The minimum Gasteiger partial charge on any atom is -0.480 e. The van der Waals surface area contributed by atoms with Gasteiger partial charge in [0.05, 0.1) is 11.6 Å². The van der Waals surface area contributed by atoms with Gasteiger partial charge in [-0.05, 0) is 42.2 Å². The highest BCUT2D eigenvalue weighted by atomic mass is 31.1. The summed E-state index contributed by atoms with van der Waals surface area (Å²) in [4.78, 5) is 17.2. The van der Waals surface area contributed by atoms with Crippen molar-refractivity contribution in [3.63, 3.8) is 0 Å². The van der Waals surface area contributed by atoms with Crippen molar-refractivity contribution in [2.75, 3.05) is 7.11 Å². The van der Waals surface area contributed by atoms with Gasteiger partial charge in [0.2, 0.25) is 8.03 Å². The van der Waals surface area contributed by atoms with Gasteiger partial charge in [0.1, 0.15) is 5.82 Å². The Labute approximate surface area is 192 Å². The van der Waals surface area contributed by atoms with Gasteiger partial charge in [-0.3, -0.25) is 14.3 Å². The van der Waals surface area contributed by atoms with Crippen molar-refractivity contribution in [1.82, 2.24) is 4.98 Å². The topological polar surface area (TPSA) is 96.7 Å². The summed E-state index contributed by atoms with van der Waals surface area (Å²) in [5.74, 6) is -2.03. The molecule has 2 aromatic carbocycles. The number of carboxylic acids is 1. The molecule has 8 heteroatoms. The van der Waals surface area contributed by atoms with Crippen LogP contribution in [0.1, 0.15) is 26.3 Å². The van der Waals surface area contributed by atoms with Gasteiger partial charge in [0.15, 0.2) is 5.16 Å². The number of aromatic nitrogens is 1. The molecule has 3 rings (SSSR count). The molecule has 1 heterocycles. The van der Waals surface area contributed by atoms with Gasteiger partial charge < -0.3 is 14.7 Å². The third-order valence-corrected chi connectivity index (χ3v) is 7.51. The van der Waals surface area contributed by atoms with Crippen LogP contribution in [0.25, 0.3) is 27.6 Å². The Morgan fingerprint density at radius 1 is 1.15 bits per heavy atom. The SMILES string of the molecule is CO[PH](=O)C(C(=O)O)(C(=CC(C)C)c1cnc2ccccc2c1-c1ccc(F)cc1)C(C)O. The van der Waals surface area contributed by atoms with Crippen molar-refractivity contribution in [2.24, 2.45) is 5.92 Å². The lowest BCUT2D eigenvalue weighted by Gasteiger charge is -2.35. The molecular weight excluding hydrogens is 444 g/mol. The summed E-state index contributed by atoms with van der Waals surface area (Å²) in [6.45, 7) is 4.99. The first-order valence-electron chi connectivity index (χ1n) is 10.5. The predicted octanol–water partition coefficient (Wildman–Crippen LogP) is 5.41. The van der Waals surface area contributed by atoms with Crippen molar-refractivity contribution < 1.29 is 28.5 Å². The van der Waals surface area contributed by atoms with Crippen LogP contribution in [0.3, 0.4) is 0 Å². The van der Waals surface area contributed by atoms with Crippen LogP contribution in [-0.4, -0.2) is 39.5 Å². The number of benzene rings is 2. The number of fused-ring (bicyclic) bond motifs is 1. The van der Waals surface area contributed by atoms with E-state index in [1.54, 1.807) is 18.2 Å². The fourth-order valence-corrected chi connectivity index (χ4v) is 5.36. The van der Waals surface area contributed by atoms with Crippen LogP contribution < -0.4 is 0 Å². The molecule has 0 radical (unpaired) electrons. The van der Waals surface area contributed by atoms with Gasteiger partial charge in [0.25, 0.3) is 0 Å². The van der Waals surface area contributed by atoms with E-state index < -0.39 is 31.1 Å². The van der Waals surface area contributed by atoms with Gasteiger partial charge in [-0.15, -0.1) is 0 Å². The van der Waals surface area contributed by atoms with Crippen LogP contribution in [0.4, 0.5) is 4.39 Å². The lowest BCUT2D eigenvalue weighted by atomic mass is 9.82. The predicted molar refractivity (Wildman–Crippen MR) is 128 cm³/mol. The Kier molecular flexibility index (Phi) is 7.48. The maximum atomic E-state index is 13.7. The molecule has 0 spiro atoms. The van der Waals surface area contributed by atoms with E-state index in [0.29, 0.717) is 27.6 Å². The molecule has 0 aliphatic rings. The molecule has 2 N–H and O–H groups in total. The maximum absolute atomic E-state index is 13.7. The third kappa shape index (κ3) is 4.49. The average molecular weight is 471 g/mol. The molecule has 0 aliphatic carbocycles. The maximum Gasteiger partial charge on any atom is 0.326 e. The van der Waals surface area contributed by atoms with Gasteiger partial charge in [-0.25, -0.2) is 4.39 Å². The normalized spacial score (nSPS) is 15.9. The molecular formula is C25H27FNO5P. The van der Waals surface area contributed by atoms with Crippen molar-refractivity contribution >= 4 is 30.5 Å². The highest BCUT2D eigenvalue weighted by Crippen LogP contribution is 2.53. The minimum absolute atomic E-state index is 0.142. The molecule has 174 valence electrons. The zero-order valence-corrected chi connectivity index (χ0v) is 19.9. The van der Waals surface area contributed by atoms with Gasteiger partial charge in [-0.1, -0.05) is 50.3 Å². The molecule has 0 saturated heterocycles. The van der Waals surface area contributed by atoms with Crippen LogP contribution in [-0.2, 0) is 13.9 Å². The summed E-state index contributed by atoms with van der Waals surface area (Å²) in [7, 11) is -2.17. The molecule has 3 unspecified atom stereocenters. The molecule has 0 fully saturated rings. The molecule has 3 atom stereocenters. The quantitative estimate of drug-likeness (QED) is 0.427. The van der Waals surface area contributed by atoms with E-state index in [1.165, 1.54) is 25.3 Å². The summed E-state index contributed by atoms with van der Waals surface area (Å²) in [5.41, 5.74) is 2.41. The first kappa shape index (κ1) is 24.8. The molecule has 3 aromatic rings. The van der Waals surface area contributed by atoms with Crippen molar-refractivity contribution in [3.05, 3.63) is 72.2 Å². The number of para-hydroxylation sites is 1. The number of allylic oxidation sites excluding steroid dienone is 1. The number of aliphatic hydroxyl groups is 1. The Hall–Kier alpha value is -2.86. The van der Waals surface area contributed by atoms with Crippen molar-refractivity contribution in [3.8, 4) is 11.1 Å². The molecule has 33 heavy (non-hydrogen) atoms. The van der Waals surface area contributed by atoms with E-state index in [0.717, 1.165) is 7.11 Å². The highest BCUT2D eigenvalue weighted by molar-refractivity contribution is 7.43. The number of aliphatic hydroxyl groups excluding tert-OH is 1. The number of hydrogen-bond donors (Lipinski definition) is 2. The molecule has 1 aromatic heterocycles. The van der Waals surface area contributed by atoms with E-state index >= 15 is 0 Å². The Balaban J connectivity index is 2.51. The Morgan fingerprint density at radius 2 is 1.79 bits per heavy atom. The van der Waals surface area contributed by atoms with Crippen LogP contribution in [0, 0.1) is 11.7 Å². The van der Waals surface area contributed by atoms with Gasteiger partial charge in [0, 0.05) is 29.8 Å². The second-order valence-corrected chi connectivity index (χ2v) is 9.95. The summed E-state index contributed by atoms with van der Waals surface area (Å²) >= 11 is 0. The van der Waals surface area contributed by atoms with Crippen molar-refractivity contribution in [2.45, 2.75) is 32.0 Å². The second kappa shape index (κ2) is 9.96. The Morgan fingerprint density at radius 3 is 2.33 bits per heavy atom. The smallest absolute Gasteiger partial charge is 0.326 e. The van der Waals surface area contributed by atoms with E-state index in [-0.39, 0.29) is 11.5 Å². The summed E-state index contributed by atoms with van der Waals surface area (Å²) in [6.07, 6.45) is 1.64. The number of carboxylic acid groups (broad SMARTS) is 1. The first-order chi connectivity index (χ1) is 15.6. The van der Waals surface area contributed by atoms with Gasteiger partial charge >= 0.3 is 5.97 Å². The van der Waals surface area contributed by atoms with Crippen molar-refractivity contribution in [1.29, 1.82) is 0 Å². The number of aliphatic carboxylic acids is 1. The standard InChI is InChI=1S/C25H27FNO5P/c1-15(2)13-21(25(16(3)28,24(29)30)33(31)32-4)20-14-27-22-8-6-5-7-19(22)23(20)17-9-11-18(26)12-10-17/h5-16,28,33H,1-4H3,(H,29,30). The largest absolute Gasteiger partial charge is 0.480 e. The molecule has 6 nitrogen and oxygen atoms in total. The minimum atomic E-state index is -3.33. The van der Waals surface area contributed by atoms with Crippen LogP contribution >= 0.6 is 8.03 Å². The number of rotatable bonds is 8. The average Bonchev–Trinajstić information content (AvgIpc) is 2.77. The van der Waals surface area contributed by atoms with E-state index in [4.69, 9.17) is 4.52 Å². The summed E-state index contributed by atoms with van der Waals surface area (Å²) in [5, 5.41) is 19.6. The zero-order valence-electron chi connectivity index (χ0n) is 18.9. The monoisotopic (exact) mass is 471 g/mol. The summed E-state index contributed by atoms with van der Waals surface area (Å²) < 4.78 is 32.0. The number of nitrogens with zero attached hydrogens (tertiary/aromatic N) is 1. The zero-order chi connectivity index (χ0) is 24.3. The number of pyridine rings is 1. The summed E-state index contributed by atoms with van der Waals surface area (Å²) in [6, 6.07) is 13.1. The van der Waals surface area contributed by atoms with Crippen LogP contribution in [0.2, 0.25) is 0 Å². The number of hydrogen-bond acceptors (Lipinski definition) is 5. The van der Waals surface area contributed by atoms with E-state index in [1.807, 2.05) is 38.1 Å². The lowest BCUT2D eigenvalue weighted by Crippen LogP contribution is -2.46.